The van der Waals surface area contributed by atoms with Crippen molar-refractivity contribution in [3.05, 3.63) is 0 Å². The number of hydrogen-bond donors (Lipinski definition) is 4. The highest BCUT2D eigenvalue weighted by molar-refractivity contribution is 5.86. The Morgan fingerprint density at radius 3 is 2.33 bits per heavy atom. The lowest BCUT2D eigenvalue weighted by Gasteiger charge is -2.16. The van der Waals surface area contributed by atoms with E-state index >= 15 is 0 Å². The van der Waals surface area contributed by atoms with Crippen molar-refractivity contribution in [2.45, 2.75) is 19.4 Å². The van der Waals surface area contributed by atoms with Crippen LogP contribution in [0.2, 0.25) is 0 Å². The predicted molar refractivity (Wildman–Crippen MR) is 63.4 cm³/mol. The van der Waals surface area contributed by atoms with Crippen LogP contribution in [0.1, 0.15) is 13.3 Å². The highest BCUT2D eigenvalue weighted by Gasteiger charge is 2.22. The summed E-state index contributed by atoms with van der Waals surface area (Å²) < 4.78 is 0. The fraction of sp³-hybridized carbons (Fsp3) is 0.700. The summed E-state index contributed by atoms with van der Waals surface area (Å²) in [7, 11) is 1.88. The molecule has 0 radical (unpaired) electrons. The maximum absolute atomic E-state index is 11.3. The molecule has 0 heterocycles. The molecule has 0 aromatic rings. The van der Waals surface area contributed by atoms with Crippen LogP contribution in [0.15, 0.2) is 0 Å². The minimum absolute atomic E-state index is 0.357. The van der Waals surface area contributed by atoms with Crippen molar-refractivity contribution >= 4 is 18.0 Å². The lowest BCUT2D eigenvalue weighted by atomic mass is 10.2. The van der Waals surface area contributed by atoms with E-state index in [-0.39, 0.29) is 0 Å². The summed E-state index contributed by atoms with van der Waals surface area (Å²) in [6.45, 7) is 3.78. The summed E-state index contributed by atoms with van der Waals surface area (Å²) in [6.07, 6.45) is -0.655. The van der Waals surface area contributed by atoms with E-state index in [0.717, 1.165) is 6.54 Å². The van der Waals surface area contributed by atoms with Crippen LogP contribution in [0.3, 0.4) is 0 Å². The number of amides is 2. The molecule has 0 unspecified atom stereocenters. The zero-order valence-corrected chi connectivity index (χ0v) is 10.5. The van der Waals surface area contributed by atoms with Crippen molar-refractivity contribution in [1.29, 1.82) is 0 Å². The Hall–Kier alpha value is -1.83. The van der Waals surface area contributed by atoms with Crippen LogP contribution >= 0.6 is 0 Å². The zero-order valence-electron chi connectivity index (χ0n) is 10.5. The number of nitrogens with zero attached hydrogens (tertiary/aromatic N) is 1. The number of hydrogen-bond acceptors (Lipinski definition) is 4. The van der Waals surface area contributed by atoms with Crippen LogP contribution in [-0.2, 0) is 9.59 Å². The van der Waals surface area contributed by atoms with E-state index in [1.807, 2.05) is 18.9 Å². The summed E-state index contributed by atoms with van der Waals surface area (Å²) in [5.74, 6) is -2.66. The molecule has 0 spiro atoms. The summed E-state index contributed by atoms with van der Waals surface area (Å²) in [6, 6.07) is -2.11. The lowest BCUT2D eigenvalue weighted by Crippen LogP contribution is -2.48. The molecule has 104 valence electrons. The normalized spacial score (nSPS) is 11.9. The number of carbonyl (C=O) groups is 3. The Labute approximate surface area is 105 Å². The summed E-state index contributed by atoms with van der Waals surface area (Å²) >= 11 is 0. The monoisotopic (exact) mass is 261 g/mol. The molecule has 8 heteroatoms. The van der Waals surface area contributed by atoms with Crippen LogP contribution in [-0.4, -0.2) is 65.8 Å². The summed E-state index contributed by atoms with van der Waals surface area (Å²) in [5.41, 5.74) is 0. The number of likely N-dealkylation sites (N-methyl/N-ethyl adjacent to an activating group) is 1. The molecule has 18 heavy (non-hydrogen) atoms. The van der Waals surface area contributed by atoms with E-state index < -0.39 is 30.4 Å². The van der Waals surface area contributed by atoms with Gasteiger partial charge in [0.15, 0.2) is 0 Å². The summed E-state index contributed by atoms with van der Waals surface area (Å²) in [5, 5.41) is 21.7. The fourth-order valence-electron chi connectivity index (χ4n) is 1.10. The number of rotatable bonds is 8. The Morgan fingerprint density at radius 2 is 1.89 bits per heavy atom. The van der Waals surface area contributed by atoms with Crippen molar-refractivity contribution in [3.63, 3.8) is 0 Å². The van der Waals surface area contributed by atoms with Crippen molar-refractivity contribution in [3.8, 4) is 0 Å². The lowest BCUT2D eigenvalue weighted by molar-refractivity contribution is -0.145. The number of aliphatic carboxylic acids is 2. The molecular weight excluding hydrogens is 242 g/mol. The number of urea groups is 1. The molecule has 8 nitrogen and oxygen atoms in total. The topological polar surface area (TPSA) is 119 Å². The number of nitrogens with one attached hydrogen (secondary N) is 2. The van der Waals surface area contributed by atoms with Gasteiger partial charge < -0.3 is 25.7 Å². The third-order valence-corrected chi connectivity index (χ3v) is 2.30. The number of carboxylic acids is 2. The first-order valence-corrected chi connectivity index (χ1v) is 5.54. The molecule has 1 atom stereocenters. The third-order valence-electron chi connectivity index (χ3n) is 2.30. The van der Waals surface area contributed by atoms with Crippen molar-refractivity contribution in [2.75, 3.05) is 26.7 Å². The average molecular weight is 261 g/mol. The molecule has 0 aromatic carbocycles. The van der Waals surface area contributed by atoms with E-state index in [4.69, 9.17) is 10.2 Å². The highest BCUT2D eigenvalue weighted by atomic mass is 16.4. The second kappa shape index (κ2) is 8.29. The Balaban J connectivity index is 4.03. The first-order chi connectivity index (χ1) is 8.36. The van der Waals surface area contributed by atoms with Gasteiger partial charge >= 0.3 is 18.0 Å². The largest absolute Gasteiger partial charge is 0.481 e. The predicted octanol–water partition coefficient (Wildman–Crippen LogP) is -0.835. The van der Waals surface area contributed by atoms with Gasteiger partial charge in [0.2, 0.25) is 0 Å². The Bertz CT molecular complexity index is 308. The van der Waals surface area contributed by atoms with Gasteiger partial charge in [0.25, 0.3) is 0 Å². The molecule has 4 N–H and O–H groups in total. The van der Waals surface area contributed by atoms with Crippen LogP contribution < -0.4 is 10.6 Å². The molecule has 0 aliphatic heterocycles. The van der Waals surface area contributed by atoms with E-state index in [1.54, 1.807) is 0 Å². The molecule has 0 saturated heterocycles. The van der Waals surface area contributed by atoms with Gasteiger partial charge in [-0.25, -0.2) is 9.59 Å². The minimum Gasteiger partial charge on any atom is -0.481 e. The fourth-order valence-corrected chi connectivity index (χ4v) is 1.10. The van der Waals surface area contributed by atoms with Crippen molar-refractivity contribution in [1.82, 2.24) is 15.5 Å². The highest BCUT2D eigenvalue weighted by Crippen LogP contribution is 1.92. The van der Waals surface area contributed by atoms with Gasteiger partial charge in [0, 0.05) is 13.1 Å². The Kier molecular flexibility index (Phi) is 7.45. The summed E-state index contributed by atoms with van der Waals surface area (Å²) in [4.78, 5) is 34.4. The molecule has 0 aromatic heterocycles. The van der Waals surface area contributed by atoms with Crippen LogP contribution in [0, 0.1) is 0 Å². The van der Waals surface area contributed by atoms with E-state index in [0.29, 0.717) is 13.1 Å². The van der Waals surface area contributed by atoms with Gasteiger partial charge in [-0.1, -0.05) is 6.92 Å². The maximum Gasteiger partial charge on any atom is 0.326 e. The molecule has 0 aliphatic rings. The minimum atomic E-state index is -1.42. The Morgan fingerprint density at radius 1 is 1.28 bits per heavy atom. The van der Waals surface area contributed by atoms with Crippen molar-refractivity contribution < 1.29 is 24.6 Å². The van der Waals surface area contributed by atoms with Crippen LogP contribution in [0.25, 0.3) is 0 Å². The smallest absolute Gasteiger partial charge is 0.326 e. The first kappa shape index (κ1) is 16.2. The van der Waals surface area contributed by atoms with Gasteiger partial charge in [0.1, 0.15) is 6.04 Å². The SMILES string of the molecule is CCN(C)CCNC(=O)N[C@@H](CC(=O)O)C(=O)O. The maximum atomic E-state index is 11.3. The quantitative estimate of drug-likeness (QED) is 0.452. The molecule has 0 rings (SSSR count). The van der Waals surface area contributed by atoms with E-state index in [2.05, 4.69) is 10.6 Å². The molecular formula is C10H19N3O5. The molecule has 0 bridgehead atoms. The van der Waals surface area contributed by atoms with E-state index in [9.17, 15) is 14.4 Å². The first-order valence-electron chi connectivity index (χ1n) is 5.54. The van der Waals surface area contributed by atoms with Gasteiger partial charge in [-0.3, -0.25) is 4.79 Å². The second-order valence-electron chi connectivity index (χ2n) is 3.78. The standard InChI is InChI=1S/C10H19N3O5/c1-3-13(2)5-4-11-10(18)12-7(9(16)17)6-8(14)15/h7H,3-6H2,1-2H3,(H,14,15)(H,16,17)(H2,11,12,18)/t7-/m0/s1. The van der Waals surface area contributed by atoms with Gasteiger partial charge in [-0.2, -0.15) is 0 Å². The average Bonchev–Trinajstić information content (AvgIpc) is 2.27. The molecule has 0 fully saturated rings. The number of carboxylic acid groups (broad SMARTS) is 2. The van der Waals surface area contributed by atoms with Gasteiger partial charge in [-0.05, 0) is 13.6 Å². The molecule has 0 saturated carbocycles. The second-order valence-corrected chi connectivity index (χ2v) is 3.78. The molecule has 0 aliphatic carbocycles. The van der Waals surface area contributed by atoms with Crippen LogP contribution in [0.5, 0.6) is 0 Å². The third kappa shape index (κ3) is 7.44. The van der Waals surface area contributed by atoms with Gasteiger partial charge in [-0.15, -0.1) is 0 Å². The van der Waals surface area contributed by atoms with E-state index in [1.165, 1.54) is 0 Å². The van der Waals surface area contributed by atoms with Crippen LogP contribution in [0.4, 0.5) is 4.79 Å². The number of carbonyl (C=O) groups excluding carboxylic acids is 1. The zero-order chi connectivity index (χ0) is 14.1. The van der Waals surface area contributed by atoms with Gasteiger partial charge in [0.05, 0.1) is 6.42 Å². The molecule has 2 amide bonds. The van der Waals surface area contributed by atoms with Crippen molar-refractivity contribution in [2.24, 2.45) is 0 Å².